The van der Waals surface area contributed by atoms with Gasteiger partial charge in [0.25, 0.3) is 0 Å². The topological polar surface area (TPSA) is 49.8 Å². The monoisotopic (exact) mass is 307 g/mol. The molecule has 0 amide bonds. The quantitative estimate of drug-likeness (QED) is 0.907. The van der Waals surface area contributed by atoms with Crippen molar-refractivity contribution >= 4 is 11.7 Å². The van der Waals surface area contributed by atoms with Crippen molar-refractivity contribution in [3.05, 3.63) is 29.6 Å². The molecule has 4 unspecified atom stereocenters. The number of aromatic carboxylic acids is 1. The number of carbonyl (C=O) groups is 1. The van der Waals surface area contributed by atoms with Crippen LogP contribution in [0.3, 0.4) is 0 Å². The second kappa shape index (κ2) is 5.88. The van der Waals surface area contributed by atoms with Crippen LogP contribution >= 0.6 is 0 Å². The lowest BCUT2D eigenvalue weighted by molar-refractivity contribution is 0.0157. The summed E-state index contributed by atoms with van der Waals surface area (Å²) < 4.78 is 20.2. The van der Waals surface area contributed by atoms with Gasteiger partial charge in [-0.3, -0.25) is 0 Å². The van der Waals surface area contributed by atoms with Gasteiger partial charge in [0, 0.05) is 24.6 Å². The van der Waals surface area contributed by atoms with E-state index in [9.17, 15) is 9.18 Å². The zero-order valence-electron chi connectivity index (χ0n) is 13.0. The van der Waals surface area contributed by atoms with Gasteiger partial charge in [-0.05, 0) is 44.4 Å². The first-order valence-electron chi connectivity index (χ1n) is 7.95. The Bertz CT molecular complexity index is 575. The van der Waals surface area contributed by atoms with Crippen LogP contribution in [-0.4, -0.2) is 35.9 Å². The van der Waals surface area contributed by atoms with E-state index in [0.717, 1.165) is 31.9 Å². The fourth-order valence-electron chi connectivity index (χ4n) is 4.00. The largest absolute Gasteiger partial charge is 0.478 e. The second-order valence-electron chi connectivity index (χ2n) is 6.32. The summed E-state index contributed by atoms with van der Waals surface area (Å²) in [4.78, 5) is 13.0. The van der Waals surface area contributed by atoms with E-state index in [1.54, 1.807) is 6.07 Å². The molecule has 1 saturated heterocycles. The van der Waals surface area contributed by atoms with E-state index < -0.39 is 11.8 Å². The molecule has 5 heteroatoms. The van der Waals surface area contributed by atoms with Crippen LogP contribution in [0.4, 0.5) is 10.1 Å². The fourth-order valence-corrected chi connectivity index (χ4v) is 4.00. The van der Waals surface area contributed by atoms with E-state index in [-0.39, 0.29) is 23.8 Å². The molecular weight excluding hydrogens is 285 g/mol. The molecule has 3 rings (SSSR count). The highest BCUT2D eigenvalue weighted by molar-refractivity contribution is 5.88. The molecule has 0 aromatic heterocycles. The maximum atomic E-state index is 14.3. The van der Waals surface area contributed by atoms with E-state index in [1.807, 2.05) is 0 Å². The number of nitrogens with zero attached hydrogens (tertiary/aromatic N) is 1. The predicted octanol–water partition coefficient (Wildman–Crippen LogP) is 3.31. The molecule has 0 radical (unpaired) electrons. The van der Waals surface area contributed by atoms with Crippen molar-refractivity contribution in [1.29, 1.82) is 0 Å². The van der Waals surface area contributed by atoms with Gasteiger partial charge in [-0.1, -0.05) is 6.92 Å². The van der Waals surface area contributed by atoms with Gasteiger partial charge in [-0.2, -0.15) is 0 Å². The lowest BCUT2D eigenvalue weighted by atomic mass is 9.96. The second-order valence-corrected chi connectivity index (χ2v) is 6.32. The average Bonchev–Trinajstić information content (AvgIpc) is 3.03. The number of ether oxygens (including phenoxy) is 1. The van der Waals surface area contributed by atoms with E-state index in [1.165, 1.54) is 6.07 Å². The number of hydrogen-bond acceptors (Lipinski definition) is 3. The molecule has 2 bridgehead atoms. The van der Waals surface area contributed by atoms with Crippen molar-refractivity contribution in [3.63, 3.8) is 0 Å². The van der Waals surface area contributed by atoms with E-state index in [0.29, 0.717) is 11.6 Å². The molecule has 22 heavy (non-hydrogen) atoms. The SMILES string of the molecule is CCCOC1CC2CC1C(C)N2c1ccc(C(=O)O)cc1F. The number of piperidine rings is 1. The minimum atomic E-state index is -1.10. The van der Waals surface area contributed by atoms with Crippen molar-refractivity contribution in [1.82, 2.24) is 0 Å². The molecular formula is C17H22FNO3. The van der Waals surface area contributed by atoms with Crippen molar-refractivity contribution in [2.24, 2.45) is 5.92 Å². The summed E-state index contributed by atoms with van der Waals surface area (Å²) in [6.45, 7) is 4.99. The number of fused-ring (bicyclic) bond motifs is 2. The summed E-state index contributed by atoms with van der Waals surface area (Å²) in [5.41, 5.74) is 0.501. The summed E-state index contributed by atoms with van der Waals surface area (Å²) in [5, 5.41) is 8.94. The molecule has 4 atom stereocenters. The minimum absolute atomic E-state index is 0.0117. The Morgan fingerprint density at radius 3 is 2.82 bits per heavy atom. The van der Waals surface area contributed by atoms with E-state index in [4.69, 9.17) is 9.84 Å². The number of benzene rings is 1. The van der Waals surface area contributed by atoms with Gasteiger partial charge in [0.1, 0.15) is 5.82 Å². The Morgan fingerprint density at radius 2 is 2.23 bits per heavy atom. The van der Waals surface area contributed by atoms with Crippen LogP contribution in [0.1, 0.15) is 43.5 Å². The van der Waals surface area contributed by atoms with Gasteiger partial charge in [0.15, 0.2) is 0 Å². The molecule has 4 nitrogen and oxygen atoms in total. The third-order valence-corrected chi connectivity index (χ3v) is 4.99. The standard InChI is InChI=1S/C17H22FNO3/c1-3-6-22-16-9-12-8-13(16)10(2)19(12)15-5-4-11(17(20)21)7-14(15)18/h4-5,7,10,12-13,16H,3,6,8-9H2,1-2H3,(H,20,21). The lowest BCUT2D eigenvalue weighted by Gasteiger charge is -2.38. The highest BCUT2D eigenvalue weighted by atomic mass is 19.1. The highest BCUT2D eigenvalue weighted by Gasteiger charge is 2.50. The maximum Gasteiger partial charge on any atom is 0.335 e. The Kier molecular flexibility index (Phi) is 4.08. The maximum absolute atomic E-state index is 14.3. The zero-order chi connectivity index (χ0) is 15.9. The molecule has 1 aromatic rings. The first kappa shape index (κ1) is 15.3. The third-order valence-electron chi connectivity index (χ3n) is 4.99. The molecule has 0 spiro atoms. The Hall–Kier alpha value is -1.62. The highest BCUT2D eigenvalue weighted by Crippen LogP contribution is 2.46. The van der Waals surface area contributed by atoms with Gasteiger partial charge in [0.2, 0.25) is 0 Å². The summed E-state index contributed by atoms with van der Waals surface area (Å²) in [5.74, 6) is -1.13. The third kappa shape index (κ3) is 2.47. The summed E-state index contributed by atoms with van der Waals surface area (Å²) in [7, 11) is 0. The first-order chi connectivity index (χ1) is 10.5. The fraction of sp³-hybridized carbons (Fsp3) is 0.588. The van der Waals surface area contributed by atoms with Gasteiger partial charge >= 0.3 is 5.97 Å². The molecule has 1 aromatic carbocycles. The summed E-state index contributed by atoms with van der Waals surface area (Å²) >= 11 is 0. The van der Waals surface area contributed by atoms with Gasteiger partial charge in [-0.25, -0.2) is 9.18 Å². The summed E-state index contributed by atoms with van der Waals surface area (Å²) in [6, 6.07) is 4.68. The van der Waals surface area contributed by atoms with Crippen molar-refractivity contribution < 1.29 is 19.0 Å². The lowest BCUT2D eigenvalue weighted by Crippen LogP contribution is -2.45. The molecule has 1 aliphatic carbocycles. The normalized spacial score (nSPS) is 30.0. The minimum Gasteiger partial charge on any atom is -0.478 e. The molecule has 120 valence electrons. The zero-order valence-corrected chi connectivity index (χ0v) is 13.0. The number of hydrogen-bond donors (Lipinski definition) is 1. The molecule has 2 aliphatic rings. The number of rotatable bonds is 5. The Morgan fingerprint density at radius 1 is 1.45 bits per heavy atom. The van der Waals surface area contributed by atoms with Crippen LogP contribution in [0.2, 0.25) is 0 Å². The van der Waals surface area contributed by atoms with Crippen LogP contribution in [-0.2, 0) is 4.74 Å². The van der Waals surface area contributed by atoms with E-state index >= 15 is 0 Å². The number of anilines is 1. The Labute approximate surface area is 129 Å². The molecule has 2 fully saturated rings. The van der Waals surface area contributed by atoms with Gasteiger partial charge in [-0.15, -0.1) is 0 Å². The summed E-state index contributed by atoms with van der Waals surface area (Å²) in [6.07, 6.45) is 3.24. The van der Waals surface area contributed by atoms with Crippen LogP contribution < -0.4 is 4.90 Å². The van der Waals surface area contributed by atoms with Crippen LogP contribution in [0.15, 0.2) is 18.2 Å². The number of carboxylic acids is 1. The number of halogens is 1. The van der Waals surface area contributed by atoms with E-state index in [2.05, 4.69) is 18.7 Å². The van der Waals surface area contributed by atoms with Crippen molar-refractivity contribution in [2.75, 3.05) is 11.5 Å². The molecule has 1 heterocycles. The van der Waals surface area contributed by atoms with Crippen LogP contribution in [0.25, 0.3) is 0 Å². The number of carboxylic acid groups (broad SMARTS) is 1. The van der Waals surface area contributed by atoms with Crippen molar-refractivity contribution in [3.8, 4) is 0 Å². The smallest absolute Gasteiger partial charge is 0.335 e. The van der Waals surface area contributed by atoms with Gasteiger partial charge in [0.05, 0.1) is 17.4 Å². The Balaban J connectivity index is 1.79. The molecule has 1 saturated carbocycles. The molecule has 1 N–H and O–H groups in total. The van der Waals surface area contributed by atoms with Crippen LogP contribution in [0.5, 0.6) is 0 Å². The predicted molar refractivity (Wildman–Crippen MR) is 81.8 cm³/mol. The average molecular weight is 307 g/mol. The van der Waals surface area contributed by atoms with Crippen molar-refractivity contribution in [2.45, 2.75) is 51.3 Å². The molecule has 1 aliphatic heterocycles. The van der Waals surface area contributed by atoms with Gasteiger partial charge < -0.3 is 14.7 Å². The first-order valence-corrected chi connectivity index (χ1v) is 7.95. The van der Waals surface area contributed by atoms with Crippen LogP contribution in [0, 0.1) is 11.7 Å².